The molecule has 8 heteroatoms. The van der Waals surface area contributed by atoms with Crippen molar-refractivity contribution in [2.24, 2.45) is 0 Å². The van der Waals surface area contributed by atoms with Gasteiger partial charge in [0.2, 0.25) is 0 Å². The lowest BCUT2D eigenvalue weighted by Gasteiger charge is -2.14. The maximum absolute atomic E-state index is 13.7. The number of rotatable bonds is 6. The highest BCUT2D eigenvalue weighted by molar-refractivity contribution is 6.04. The van der Waals surface area contributed by atoms with Crippen molar-refractivity contribution in [3.63, 3.8) is 0 Å². The smallest absolute Gasteiger partial charge is 0.416 e. The second kappa shape index (κ2) is 9.16. The summed E-state index contributed by atoms with van der Waals surface area (Å²) in [6, 6.07) is 12.3. The van der Waals surface area contributed by atoms with Crippen LogP contribution in [0.5, 0.6) is 11.5 Å². The highest BCUT2D eigenvalue weighted by atomic mass is 19.4. The molecule has 0 aliphatic heterocycles. The van der Waals surface area contributed by atoms with E-state index in [1.807, 2.05) is 6.92 Å². The molecule has 0 aliphatic rings. The van der Waals surface area contributed by atoms with E-state index in [-0.39, 0.29) is 5.69 Å². The molecule has 0 unspecified atom stereocenters. The minimum atomic E-state index is -4.45. The van der Waals surface area contributed by atoms with Crippen LogP contribution in [0.2, 0.25) is 0 Å². The maximum Gasteiger partial charge on any atom is 0.416 e. The van der Waals surface area contributed by atoms with Crippen molar-refractivity contribution in [3.05, 3.63) is 89.0 Å². The Morgan fingerprint density at radius 3 is 2.19 bits per heavy atom. The van der Waals surface area contributed by atoms with E-state index in [1.165, 1.54) is 30.3 Å². The molecule has 0 heterocycles. The summed E-state index contributed by atoms with van der Waals surface area (Å²) in [5.41, 5.74) is -0.760. The minimum absolute atomic E-state index is 0.265. The van der Waals surface area contributed by atoms with Gasteiger partial charge >= 0.3 is 6.18 Å². The van der Waals surface area contributed by atoms with Crippen LogP contribution < -0.4 is 10.1 Å². The van der Waals surface area contributed by atoms with Gasteiger partial charge in [-0.1, -0.05) is 19.4 Å². The molecule has 3 aromatic rings. The van der Waals surface area contributed by atoms with Crippen molar-refractivity contribution >= 4 is 11.6 Å². The second-order valence-corrected chi connectivity index (χ2v) is 6.75. The second-order valence-electron chi connectivity index (χ2n) is 6.75. The summed E-state index contributed by atoms with van der Waals surface area (Å²) in [7, 11) is 0. The van der Waals surface area contributed by atoms with E-state index >= 15 is 0 Å². The predicted octanol–water partition coefficient (Wildman–Crippen LogP) is 6.98. The van der Waals surface area contributed by atoms with Gasteiger partial charge in [0.1, 0.15) is 28.7 Å². The van der Waals surface area contributed by atoms with Gasteiger partial charge in [-0.25, -0.2) is 8.78 Å². The van der Waals surface area contributed by atoms with Gasteiger partial charge in [-0.05, 0) is 66.6 Å². The number of hydrogen-bond acceptors (Lipinski definition) is 2. The first-order chi connectivity index (χ1) is 14.7. The molecule has 3 nitrogen and oxygen atoms in total. The summed E-state index contributed by atoms with van der Waals surface area (Å²) < 4.78 is 72.1. The number of carbonyl (C=O) groups is 1. The Hall–Kier alpha value is -3.42. The third-order valence-electron chi connectivity index (χ3n) is 4.44. The number of aryl methyl sites for hydroxylation is 1. The zero-order valence-electron chi connectivity index (χ0n) is 16.4. The van der Waals surface area contributed by atoms with E-state index in [2.05, 4.69) is 5.32 Å². The molecule has 31 heavy (non-hydrogen) atoms. The molecule has 0 fully saturated rings. The van der Waals surface area contributed by atoms with Crippen molar-refractivity contribution in [1.29, 1.82) is 0 Å². The zero-order chi connectivity index (χ0) is 22.6. The van der Waals surface area contributed by atoms with Crippen LogP contribution in [-0.4, -0.2) is 5.91 Å². The van der Waals surface area contributed by atoms with Crippen molar-refractivity contribution in [3.8, 4) is 11.5 Å². The number of benzene rings is 3. The third-order valence-corrected chi connectivity index (χ3v) is 4.44. The summed E-state index contributed by atoms with van der Waals surface area (Å²) in [6.07, 6.45) is -3.41. The van der Waals surface area contributed by atoms with Gasteiger partial charge in [-0.15, -0.1) is 0 Å². The lowest BCUT2D eigenvalue weighted by atomic mass is 10.1. The molecule has 3 aromatic carbocycles. The Morgan fingerprint density at radius 2 is 1.61 bits per heavy atom. The lowest BCUT2D eigenvalue weighted by Crippen LogP contribution is -2.15. The van der Waals surface area contributed by atoms with Gasteiger partial charge in [-0.2, -0.15) is 13.2 Å². The largest absolute Gasteiger partial charge is 0.457 e. The first-order valence-corrected chi connectivity index (χ1v) is 9.42. The number of carbonyl (C=O) groups excluding carboxylic acids is 1. The number of halogens is 5. The molecule has 1 N–H and O–H groups in total. The maximum atomic E-state index is 13.7. The summed E-state index contributed by atoms with van der Waals surface area (Å²) in [4.78, 5) is 12.1. The Kier molecular flexibility index (Phi) is 6.58. The molecule has 0 saturated carbocycles. The summed E-state index contributed by atoms with van der Waals surface area (Å²) in [5, 5.41) is 2.39. The fourth-order valence-electron chi connectivity index (χ4n) is 2.96. The zero-order valence-corrected chi connectivity index (χ0v) is 16.4. The van der Waals surface area contributed by atoms with Crippen molar-refractivity contribution in [2.45, 2.75) is 25.9 Å². The van der Waals surface area contributed by atoms with Gasteiger partial charge in [-0.3, -0.25) is 4.79 Å². The van der Waals surface area contributed by atoms with E-state index in [0.717, 1.165) is 30.3 Å². The first-order valence-electron chi connectivity index (χ1n) is 9.42. The predicted molar refractivity (Wildman–Crippen MR) is 106 cm³/mol. The molecule has 3 rings (SSSR count). The van der Waals surface area contributed by atoms with E-state index in [0.29, 0.717) is 29.9 Å². The Bertz CT molecular complexity index is 1060. The fourth-order valence-corrected chi connectivity index (χ4v) is 2.96. The summed E-state index contributed by atoms with van der Waals surface area (Å²) >= 11 is 0. The average molecular weight is 435 g/mol. The molecule has 1 amide bonds. The van der Waals surface area contributed by atoms with Crippen LogP contribution in [0.4, 0.5) is 27.6 Å². The number of nitrogens with one attached hydrogen (secondary N) is 1. The van der Waals surface area contributed by atoms with Crippen molar-refractivity contribution < 1.29 is 31.5 Å². The highest BCUT2D eigenvalue weighted by Gasteiger charge is 2.31. The third kappa shape index (κ3) is 5.39. The minimum Gasteiger partial charge on any atom is -0.457 e. The normalized spacial score (nSPS) is 11.3. The number of amides is 1. The molecule has 0 aliphatic carbocycles. The number of alkyl halides is 3. The fraction of sp³-hybridized carbons (Fsp3) is 0.174. The van der Waals surface area contributed by atoms with Crippen LogP contribution in [0.3, 0.4) is 0 Å². The molecular formula is C23H18F5NO2. The molecule has 0 saturated heterocycles. The van der Waals surface area contributed by atoms with Crippen LogP contribution >= 0.6 is 0 Å². The number of ether oxygens (including phenoxy) is 1. The SMILES string of the molecule is CCCc1cc(C(F)(F)F)ccc1Oc1ccc(NC(=O)c2c(F)cccc2F)cc1. The van der Waals surface area contributed by atoms with Gasteiger partial charge in [0.05, 0.1) is 5.56 Å². The van der Waals surface area contributed by atoms with Crippen LogP contribution in [0.25, 0.3) is 0 Å². The summed E-state index contributed by atoms with van der Waals surface area (Å²) in [5.74, 6) is -2.30. The quantitative estimate of drug-likeness (QED) is 0.424. The van der Waals surface area contributed by atoms with E-state index in [1.54, 1.807) is 0 Å². The van der Waals surface area contributed by atoms with Gasteiger partial charge in [0.25, 0.3) is 5.91 Å². The van der Waals surface area contributed by atoms with Gasteiger partial charge < -0.3 is 10.1 Å². The summed E-state index contributed by atoms with van der Waals surface area (Å²) in [6.45, 7) is 1.85. The lowest BCUT2D eigenvalue weighted by molar-refractivity contribution is -0.137. The topological polar surface area (TPSA) is 38.3 Å². The van der Waals surface area contributed by atoms with Crippen molar-refractivity contribution in [1.82, 2.24) is 0 Å². The van der Waals surface area contributed by atoms with Crippen LogP contribution in [0.1, 0.15) is 34.8 Å². The number of hydrogen-bond donors (Lipinski definition) is 1. The van der Waals surface area contributed by atoms with Crippen molar-refractivity contribution in [2.75, 3.05) is 5.32 Å². The van der Waals surface area contributed by atoms with Gasteiger partial charge in [0.15, 0.2) is 0 Å². The molecular weight excluding hydrogens is 417 g/mol. The Morgan fingerprint density at radius 1 is 0.968 bits per heavy atom. The van der Waals surface area contributed by atoms with Gasteiger partial charge in [0, 0.05) is 5.69 Å². The van der Waals surface area contributed by atoms with E-state index in [9.17, 15) is 26.7 Å². The molecule has 0 aromatic heterocycles. The van der Waals surface area contributed by atoms with Crippen LogP contribution in [-0.2, 0) is 12.6 Å². The Labute approximate surface area is 175 Å². The molecule has 162 valence electrons. The highest BCUT2D eigenvalue weighted by Crippen LogP contribution is 2.35. The van der Waals surface area contributed by atoms with Crippen LogP contribution in [0.15, 0.2) is 60.7 Å². The standard InChI is InChI=1S/C23H18F5NO2/c1-2-4-14-13-15(23(26,27)28)7-12-20(14)31-17-10-8-16(9-11-17)29-22(30)21-18(24)5-3-6-19(21)25/h3,5-13H,2,4H2,1H3,(H,29,30). The average Bonchev–Trinajstić information content (AvgIpc) is 2.70. The molecule has 0 bridgehead atoms. The monoisotopic (exact) mass is 435 g/mol. The Balaban J connectivity index is 1.76. The molecule has 0 spiro atoms. The van der Waals surface area contributed by atoms with E-state index < -0.39 is 34.8 Å². The molecule has 0 radical (unpaired) electrons. The van der Waals surface area contributed by atoms with Crippen LogP contribution in [0, 0.1) is 11.6 Å². The molecule has 0 atom stereocenters. The first kappa shape index (κ1) is 22.3. The number of anilines is 1. The van der Waals surface area contributed by atoms with E-state index in [4.69, 9.17) is 4.74 Å².